The molecule has 0 bridgehead atoms. The molecule has 2 heterocycles. The molecule has 1 aliphatic heterocycles. The van der Waals surface area contributed by atoms with Gasteiger partial charge >= 0.3 is 0 Å². The number of phenolic OH excluding ortho intramolecular Hbond substituents is 1. The molecule has 0 radical (unpaired) electrons. The van der Waals surface area contributed by atoms with E-state index in [2.05, 4.69) is 4.98 Å². The number of hydrogen-bond donors (Lipinski definition) is 1. The van der Waals surface area contributed by atoms with Crippen LogP contribution in [0, 0.1) is 29.1 Å². The lowest BCUT2D eigenvalue weighted by atomic mass is 9.47. The van der Waals surface area contributed by atoms with Gasteiger partial charge in [-0.3, -0.25) is 24.1 Å². The van der Waals surface area contributed by atoms with Crippen molar-refractivity contribution >= 4 is 40.2 Å². The average Bonchev–Trinajstić information content (AvgIpc) is 3.65. The first-order chi connectivity index (χ1) is 23.6. The van der Waals surface area contributed by atoms with Crippen molar-refractivity contribution < 1.29 is 38.2 Å². The van der Waals surface area contributed by atoms with Gasteiger partial charge in [0.1, 0.15) is 22.8 Å². The number of Topliss-reactive ketones (excluding diaryl/α,β-unsaturated/α-hetero) is 1. The van der Waals surface area contributed by atoms with Gasteiger partial charge in [-0.25, -0.2) is 4.98 Å². The number of oxazole rings is 1. The molecule has 0 spiro atoms. The second kappa shape index (κ2) is 11.0. The third kappa shape index (κ3) is 4.35. The number of para-hydroxylation sites is 2. The minimum Gasteiger partial charge on any atom is -0.508 e. The Bertz CT molecular complexity index is 2100. The predicted molar refractivity (Wildman–Crippen MR) is 179 cm³/mol. The molecule has 10 nitrogen and oxygen atoms in total. The first kappa shape index (κ1) is 30.8. The second-order valence-corrected chi connectivity index (χ2v) is 13.6. The quantitative estimate of drug-likeness (QED) is 0.197. The highest BCUT2D eigenvalue weighted by Gasteiger charge is 2.64. The van der Waals surface area contributed by atoms with Gasteiger partial charge in [-0.15, -0.1) is 0 Å². The molecule has 10 heteroatoms. The van der Waals surface area contributed by atoms with Crippen molar-refractivity contribution in [3.05, 3.63) is 89.5 Å². The Morgan fingerprint density at radius 1 is 0.939 bits per heavy atom. The van der Waals surface area contributed by atoms with Crippen molar-refractivity contribution in [3.63, 3.8) is 0 Å². The number of phenols is 1. The summed E-state index contributed by atoms with van der Waals surface area (Å²) in [4.78, 5) is 62.3. The Hall–Kier alpha value is -5.51. The van der Waals surface area contributed by atoms with Crippen LogP contribution in [0.25, 0.3) is 22.6 Å². The Kier molecular flexibility index (Phi) is 6.92. The van der Waals surface area contributed by atoms with Gasteiger partial charge in [0.2, 0.25) is 17.7 Å². The molecule has 2 fully saturated rings. The minimum absolute atomic E-state index is 0.0827. The fourth-order valence-corrected chi connectivity index (χ4v) is 8.92. The molecule has 2 amide bonds. The maximum absolute atomic E-state index is 14.5. The molecule has 49 heavy (non-hydrogen) atoms. The van der Waals surface area contributed by atoms with E-state index in [0.717, 1.165) is 11.1 Å². The molecule has 248 valence electrons. The Morgan fingerprint density at radius 2 is 1.63 bits per heavy atom. The van der Waals surface area contributed by atoms with E-state index in [1.54, 1.807) is 38.1 Å². The molecule has 6 atom stereocenters. The normalized spacial score (nSPS) is 27.8. The zero-order valence-corrected chi connectivity index (χ0v) is 27.4. The van der Waals surface area contributed by atoms with Crippen LogP contribution in [0.4, 0.5) is 5.69 Å². The Balaban J connectivity index is 1.20. The van der Waals surface area contributed by atoms with E-state index in [1.807, 2.05) is 30.3 Å². The van der Waals surface area contributed by atoms with Gasteiger partial charge < -0.3 is 19.0 Å². The number of carbonyl (C=O) groups is 4. The molecule has 1 saturated carbocycles. The number of amides is 2. The number of nitrogens with zero attached hydrogens (tertiary/aromatic N) is 2. The fourth-order valence-electron chi connectivity index (χ4n) is 8.92. The van der Waals surface area contributed by atoms with E-state index in [4.69, 9.17) is 13.9 Å². The summed E-state index contributed by atoms with van der Waals surface area (Å²) in [6.07, 6.45) is 3.90. The lowest BCUT2D eigenvalue weighted by Crippen LogP contribution is -2.54. The lowest BCUT2D eigenvalue weighted by Gasteiger charge is -2.54. The van der Waals surface area contributed by atoms with E-state index >= 15 is 0 Å². The summed E-state index contributed by atoms with van der Waals surface area (Å²) in [7, 11) is 2.93. The smallest absolute Gasteiger partial charge is 0.238 e. The number of ketones is 2. The largest absolute Gasteiger partial charge is 0.508 e. The highest BCUT2D eigenvalue weighted by atomic mass is 16.5. The van der Waals surface area contributed by atoms with Gasteiger partial charge in [0, 0.05) is 35.1 Å². The van der Waals surface area contributed by atoms with Gasteiger partial charge in [-0.2, -0.15) is 0 Å². The van der Waals surface area contributed by atoms with Crippen LogP contribution in [0.1, 0.15) is 38.2 Å². The minimum atomic E-state index is -1.23. The summed E-state index contributed by atoms with van der Waals surface area (Å²) in [5, 5.41) is 10.5. The number of anilines is 1. The number of hydrogen-bond acceptors (Lipinski definition) is 9. The van der Waals surface area contributed by atoms with Crippen LogP contribution in [0.5, 0.6) is 17.2 Å². The molecule has 4 aliphatic rings. The van der Waals surface area contributed by atoms with Crippen molar-refractivity contribution in [3.8, 4) is 28.7 Å². The van der Waals surface area contributed by atoms with Crippen molar-refractivity contribution in [2.24, 2.45) is 29.1 Å². The van der Waals surface area contributed by atoms with E-state index in [-0.39, 0.29) is 42.0 Å². The van der Waals surface area contributed by atoms with Crippen LogP contribution < -0.4 is 14.4 Å². The number of methoxy groups -OCH3 is 2. The van der Waals surface area contributed by atoms with Gasteiger partial charge in [0.05, 0.1) is 37.2 Å². The van der Waals surface area contributed by atoms with Crippen LogP contribution >= 0.6 is 0 Å². The molecule has 1 N–H and O–H groups in total. The number of benzene rings is 3. The van der Waals surface area contributed by atoms with Crippen LogP contribution in [-0.4, -0.2) is 47.7 Å². The Morgan fingerprint density at radius 3 is 2.31 bits per heavy atom. The molecule has 8 rings (SSSR count). The zero-order chi connectivity index (χ0) is 34.4. The third-order valence-electron chi connectivity index (χ3n) is 11.1. The van der Waals surface area contributed by atoms with Gasteiger partial charge in [-0.1, -0.05) is 30.7 Å². The highest BCUT2D eigenvalue weighted by Crippen LogP contribution is 2.64. The van der Waals surface area contributed by atoms with Crippen molar-refractivity contribution in [1.82, 2.24) is 4.98 Å². The summed E-state index contributed by atoms with van der Waals surface area (Å²) >= 11 is 0. The number of imide groups is 1. The maximum atomic E-state index is 14.5. The molecule has 3 aromatic carbocycles. The van der Waals surface area contributed by atoms with Crippen LogP contribution in [-0.2, 0) is 19.2 Å². The molecule has 0 unspecified atom stereocenters. The molecule has 1 aromatic heterocycles. The van der Waals surface area contributed by atoms with Crippen molar-refractivity contribution in [2.75, 3.05) is 19.1 Å². The molecule has 1 saturated heterocycles. The maximum Gasteiger partial charge on any atom is 0.238 e. The summed E-state index contributed by atoms with van der Waals surface area (Å²) < 4.78 is 17.4. The standard InChI is InChI=1S/C39H34N2O8/c1-19-15-28(43)26-18-25-23(34(39(26,2)35(19)44)33-30(47-3)16-22(42)17-31(33)48-4)13-14-24-32(25)38(46)41(37(24)45)21-11-9-20(10-12-21)36-40-27-7-5-6-8-29(27)49-36/h5-13,15-17,24-26,32,34,42H,14,18H2,1-4H3/t24-,25+,26-,32-,34+,39+/m0/s1. The summed E-state index contributed by atoms with van der Waals surface area (Å²) in [6.45, 7) is 3.45. The van der Waals surface area contributed by atoms with Crippen molar-refractivity contribution in [2.45, 2.75) is 32.6 Å². The first-order valence-electron chi connectivity index (χ1n) is 16.3. The van der Waals surface area contributed by atoms with E-state index in [1.165, 1.54) is 37.3 Å². The Labute approximate surface area is 282 Å². The number of carbonyl (C=O) groups excluding carboxylic acids is 4. The van der Waals surface area contributed by atoms with Crippen LogP contribution in [0.3, 0.4) is 0 Å². The zero-order valence-electron chi connectivity index (χ0n) is 27.4. The number of ether oxygens (including phenoxy) is 2. The fraction of sp³-hybridized carbons (Fsp3) is 0.308. The topological polar surface area (TPSA) is 136 Å². The lowest BCUT2D eigenvalue weighted by molar-refractivity contribution is -0.141. The SMILES string of the molecule is COc1cc(O)cc(OC)c1[C@H]1C2=CC[C@@H]3C(=O)N(c4ccc(-c5nc6ccccc6o5)cc4)C(=O)[C@@H]3[C@@H]2C[C@H]2C(=O)C=C(C)C(=O)[C@@]12C. The van der Waals surface area contributed by atoms with Gasteiger partial charge in [0.15, 0.2) is 17.1 Å². The van der Waals surface area contributed by atoms with Gasteiger partial charge in [-0.05, 0) is 73.7 Å². The summed E-state index contributed by atoms with van der Waals surface area (Å²) in [5.74, 6) is -3.41. The van der Waals surface area contributed by atoms with E-state index < -0.39 is 35.0 Å². The molecule has 4 aromatic rings. The number of aromatic nitrogens is 1. The monoisotopic (exact) mass is 658 g/mol. The van der Waals surface area contributed by atoms with Crippen molar-refractivity contribution in [1.29, 1.82) is 0 Å². The average molecular weight is 659 g/mol. The van der Waals surface area contributed by atoms with Gasteiger partial charge in [0.25, 0.3) is 0 Å². The number of fused-ring (bicyclic) bond motifs is 5. The first-order valence-corrected chi connectivity index (χ1v) is 16.3. The van der Waals surface area contributed by atoms with Crippen LogP contribution in [0.2, 0.25) is 0 Å². The number of allylic oxidation sites excluding steroid dienone is 4. The molecular formula is C39H34N2O8. The predicted octanol–water partition coefficient (Wildman–Crippen LogP) is 6.18. The number of aromatic hydroxyl groups is 1. The van der Waals surface area contributed by atoms with Crippen LogP contribution in [0.15, 0.2) is 88.4 Å². The van der Waals surface area contributed by atoms with E-state index in [9.17, 15) is 24.3 Å². The highest BCUT2D eigenvalue weighted by molar-refractivity contribution is 6.22. The second-order valence-electron chi connectivity index (χ2n) is 13.6. The summed E-state index contributed by atoms with van der Waals surface area (Å²) in [6, 6.07) is 17.4. The number of rotatable bonds is 5. The molecular weight excluding hydrogens is 624 g/mol. The summed E-state index contributed by atoms with van der Waals surface area (Å²) in [5.41, 5.74) is 2.98. The van der Waals surface area contributed by atoms with E-state index in [0.29, 0.717) is 45.4 Å². The molecule has 3 aliphatic carbocycles. The third-order valence-corrected chi connectivity index (χ3v) is 11.1.